The maximum absolute atomic E-state index is 5.34. The maximum Gasteiger partial charge on any atom is 0.243 e. The number of thioether (sulfide) groups is 1. The van der Waals surface area contributed by atoms with E-state index < -0.39 is 0 Å². The van der Waals surface area contributed by atoms with Crippen molar-refractivity contribution in [3.63, 3.8) is 0 Å². The van der Waals surface area contributed by atoms with E-state index in [0.29, 0.717) is 0 Å². The van der Waals surface area contributed by atoms with E-state index in [9.17, 15) is 0 Å². The fraction of sp³-hybridized carbons (Fsp3) is 0.818. The van der Waals surface area contributed by atoms with Gasteiger partial charge in [0.15, 0.2) is 5.82 Å². The summed E-state index contributed by atoms with van der Waals surface area (Å²) >= 11 is 1.81. The van der Waals surface area contributed by atoms with Gasteiger partial charge >= 0.3 is 0 Å². The second kappa shape index (κ2) is 6.37. The minimum Gasteiger partial charge on any atom is -0.338 e. The molecule has 6 heteroatoms. The van der Waals surface area contributed by atoms with Gasteiger partial charge in [-0.15, -0.1) is 0 Å². The molecule has 1 aliphatic rings. The van der Waals surface area contributed by atoms with Gasteiger partial charge in [0.1, 0.15) is 0 Å². The van der Waals surface area contributed by atoms with Crippen LogP contribution in [0, 0.1) is 0 Å². The molecule has 1 N–H and O–H groups in total. The number of piperazine rings is 1. The summed E-state index contributed by atoms with van der Waals surface area (Å²) in [6, 6.07) is 0.227. The lowest BCUT2D eigenvalue weighted by Crippen LogP contribution is -2.44. The Balaban J connectivity index is 1.93. The van der Waals surface area contributed by atoms with Crippen LogP contribution in [0.4, 0.5) is 0 Å². The van der Waals surface area contributed by atoms with Crippen molar-refractivity contribution in [2.45, 2.75) is 25.6 Å². The van der Waals surface area contributed by atoms with E-state index in [1.165, 1.54) is 0 Å². The topological polar surface area (TPSA) is 54.2 Å². The Morgan fingerprint density at radius 2 is 2.24 bits per heavy atom. The van der Waals surface area contributed by atoms with Gasteiger partial charge < -0.3 is 9.84 Å². The van der Waals surface area contributed by atoms with Crippen LogP contribution in [-0.4, -0.2) is 47.0 Å². The second-order valence-corrected chi connectivity index (χ2v) is 5.42. The molecule has 1 aliphatic heterocycles. The largest absolute Gasteiger partial charge is 0.338 e. The lowest BCUT2D eigenvalue weighted by atomic mass is 10.2. The molecule has 2 rings (SSSR count). The highest BCUT2D eigenvalue weighted by atomic mass is 32.2. The summed E-state index contributed by atoms with van der Waals surface area (Å²) in [5, 5.41) is 7.36. The van der Waals surface area contributed by atoms with Gasteiger partial charge in [-0.05, 0) is 12.7 Å². The van der Waals surface area contributed by atoms with Crippen molar-refractivity contribution in [3.05, 3.63) is 11.7 Å². The van der Waals surface area contributed by atoms with Crippen LogP contribution in [0.5, 0.6) is 0 Å². The Kier molecular flexibility index (Phi) is 4.82. The minimum absolute atomic E-state index is 0.227. The minimum atomic E-state index is 0.227. The van der Waals surface area contributed by atoms with Crippen LogP contribution in [0.25, 0.3) is 0 Å². The third-order valence-electron chi connectivity index (χ3n) is 2.98. The molecule has 0 radical (unpaired) electrons. The average Bonchev–Trinajstić information content (AvgIpc) is 2.85. The molecular weight excluding hydrogens is 236 g/mol. The molecule has 96 valence electrons. The van der Waals surface area contributed by atoms with E-state index in [0.717, 1.165) is 49.4 Å². The smallest absolute Gasteiger partial charge is 0.243 e. The highest BCUT2D eigenvalue weighted by Gasteiger charge is 2.22. The third kappa shape index (κ3) is 3.43. The van der Waals surface area contributed by atoms with Crippen LogP contribution in [0.3, 0.4) is 0 Å². The van der Waals surface area contributed by atoms with Crippen LogP contribution < -0.4 is 5.32 Å². The predicted octanol–water partition coefficient (Wildman–Crippen LogP) is 1.29. The highest BCUT2D eigenvalue weighted by molar-refractivity contribution is 7.98. The SMILES string of the molecule is CCSCc1noc(C(C)N2CCNCC2)n1. The Morgan fingerprint density at radius 1 is 1.47 bits per heavy atom. The summed E-state index contributed by atoms with van der Waals surface area (Å²) in [5.41, 5.74) is 0. The molecule has 2 heterocycles. The van der Waals surface area contributed by atoms with Crippen molar-refractivity contribution in [1.29, 1.82) is 0 Å². The lowest BCUT2D eigenvalue weighted by molar-refractivity contribution is 0.154. The summed E-state index contributed by atoms with van der Waals surface area (Å²) in [4.78, 5) is 6.84. The molecule has 0 amide bonds. The number of aromatic nitrogens is 2. The fourth-order valence-corrected chi connectivity index (χ4v) is 2.42. The molecule has 5 nitrogen and oxygen atoms in total. The Labute approximate surface area is 106 Å². The molecular formula is C11H20N4OS. The summed E-state index contributed by atoms with van der Waals surface area (Å²) in [5.74, 6) is 3.48. The maximum atomic E-state index is 5.34. The molecule has 1 atom stereocenters. The zero-order valence-corrected chi connectivity index (χ0v) is 11.3. The van der Waals surface area contributed by atoms with Crippen molar-refractivity contribution in [2.24, 2.45) is 0 Å². The van der Waals surface area contributed by atoms with Crippen molar-refractivity contribution in [2.75, 3.05) is 31.9 Å². The number of nitrogens with zero attached hydrogens (tertiary/aromatic N) is 3. The first-order valence-electron chi connectivity index (χ1n) is 6.16. The number of hydrogen-bond acceptors (Lipinski definition) is 6. The van der Waals surface area contributed by atoms with E-state index in [1.807, 2.05) is 11.8 Å². The molecule has 1 saturated heterocycles. The first-order chi connectivity index (χ1) is 8.31. The predicted molar refractivity (Wildman–Crippen MR) is 69.0 cm³/mol. The fourth-order valence-electron chi connectivity index (χ4n) is 1.91. The van der Waals surface area contributed by atoms with Gasteiger partial charge in [-0.2, -0.15) is 16.7 Å². The summed E-state index contributed by atoms with van der Waals surface area (Å²) in [6.45, 7) is 8.43. The summed E-state index contributed by atoms with van der Waals surface area (Å²) in [6.07, 6.45) is 0. The summed E-state index contributed by atoms with van der Waals surface area (Å²) < 4.78 is 5.34. The molecule has 1 unspecified atom stereocenters. The first kappa shape index (κ1) is 12.9. The number of hydrogen-bond donors (Lipinski definition) is 1. The van der Waals surface area contributed by atoms with Crippen LogP contribution in [0.2, 0.25) is 0 Å². The molecule has 1 fully saturated rings. The molecule has 0 spiro atoms. The van der Waals surface area contributed by atoms with Gasteiger partial charge in [-0.1, -0.05) is 12.1 Å². The highest BCUT2D eigenvalue weighted by Crippen LogP contribution is 2.19. The second-order valence-electron chi connectivity index (χ2n) is 4.15. The molecule has 1 aromatic rings. The van der Waals surface area contributed by atoms with E-state index >= 15 is 0 Å². The van der Waals surface area contributed by atoms with Crippen LogP contribution in [0.1, 0.15) is 31.6 Å². The van der Waals surface area contributed by atoms with Crippen LogP contribution in [-0.2, 0) is 5.75 Å². The standard InChI is InChI=1S/C11H20N4OS/c1-3-17-8-10-13-11(16-14-10)9(2)15-6-4-12-5-7-15/h9,12H,3-8H2,1-2H3. The zero-order valence-electron chi connectivity index (χ0n) is 10.5. The number of rotatable bonds is 5. The van der Waals surface area contributed by atoms with Crippen molar-refractivity contribution in [1.82, 2.24) is 20.4 Å². The van der Waals surface area contributed by atoms with Gasteiger partial charge in [-0.25, -0.2) is 0 Å². The molecule has 0 bridgehead atoms. The van der Waals surface area contributed by atoms with Gasteiger partial charge in [0.2, 0.25) is 5.89 Å². The van der Waals surface area contributed by atoms with Crippen LogP contribution in [0.15, 0.2) is 4.52 Å². The van der Waals surface area contributed by atoms with Crippen molar-refractivity contribution < 1.29 is 4.52 Å². The average molecular weight is 256 g/mol. The van der Waals surface area contributed by atoms with Gasteiger partial charge in [0.25, 0.3) is 0 Å². The van der Waals surface area contributed by atoms with E-state index in [2.05, 4.69) is 34.2 Å². The summed E-state index contributed by atoms with van der Waals surface area (Å²) in [7, 11) is 0. The van der Waals surface area contributed by atoms with E-state index in [4.69, 9.17) is 4.52 Å². The Morgan fingerprint density at radius 3 is 2.94 bits per heavy atom. The number of nitrogens with one attached hydrogen (secondary N) is 1. The third-order valence-corrected chi connectivity index (χ3v) is 3.85. The van der Waals surface area contributed by atoms with Crippen molar-refractivity contribution in [3.8, 4) is 0 Å². The van der Waals surface area contributed by atoms with Gasteiger partial charge in [0.05, 0.1) is 11.8 Å². The molecule has 17 heavy (non-hydrogen) atoms. The van der Waals surface area contributed by atoms with Crippen molar-refractivity contribution >= 4 is 11.8 Å². The van der Waals surface area contributed by atoms with Gasteiger partial charge in [0, 0.05) is 26.2 Å². The Hall–Kier alpha value is -0.590. The van der Waals surface area contributed by atoms with Gasteiger partial charge in [-0.3, -0.25) is 4.90 Å². The zero-order chi connectivity index (χ0) is 12.1. The normalized spacial score (nSPS) is 19.4. The van der Waals surface area contributed by atoms with E-state index in [-0.39, 0.29) is 6.04 Å². The lowest BCUT2D eigenvalue weighted by Gasteiger charge is -2.30. The molecule has 0 saturated carbocycles. The quantitative estimate of drug-likeness (QED) is 0.857. The first-order valence-corrected chi connectivity index (χ1v) is 7.31. The monoisotopic (exact) mass is 256 g/mol. The molecule has 1 aromatic heterocycles. The molecule has 0 aromatic carbocycles. The molecule has 0 aliphatic carbocycles. The Bertz CT molecular complexity index is 338. The van der Waals surface area contributed by atoms with E-state index in [1.54, 1.807) is 0 Å². The van der Waals surface area contributed by atoms with Crippen LogP contribution >= 0.6 is 11.8 Å².